The number of carboxylic acids is 1. The van der Waals surface area contributed by atoms with E-state index in [2.05, 4.69) is 0 Å². The molecule has 0 bridgehead atoms. The second-order valence-corrected chi connectivity index (χ2v) is 7.22. The summed E-state index contributed by atoms with van der Waals surface area (Å²) in [7, 11) is 0. The first-order chi connectivity index (χ1) is 11.8. The summed E-state index contributed by atoms with van der Waals surface area (Å²) in [5.74, 6) is -1.49. The maximum absolute atomic E-state index is 12.6. The molecule has 1 atom stereocenters. The van der Waals surface area contributed by atoms with Crippen molar-refractivity contribution in [1.29, 1.82) is 0 Å². The summed E-state index contributed by atoms with van der Waals surface area (Å²) in [6, 6.07) is 3.14. The van der Waals surface area contributed by atoms with Crippen molar-refractivity contribution in [3.63, 3.8) is 0 Å². The van der Waals surface area contributed by atoms with Crippen LogP contribution in [-0.4, -0.2) is 64.1 Å². The molecule has 1 saturated heterocycles. The molecule has 0 saturated carbocycles. The van der Waals surface area contributed by atoms with Crippen LogP contribution in [0.2, 0.25) is 0 Å². The van der Waals surface area contributed by atoms with Crippen molar-refractivity contribution < 1.29 is 24.3 Å². The zero-order valence-corrected chi connectivity index (χ0v) is 15.2. The second kappa shape index (κ2) is 8.24. The molecule has 1 unspecified atom stereocenters. The average Bonchev–Trinajstić information content (AvgIpc) is 2.91. The SMILES string of the molecule is CC(=O)c1ccc(C(=O)N2CCCC(N(CC(=O)O)C(C)=O)CC2)s1. The predicted molar refractivity (Wildman–Crippen MR) is 92.9 cm³/mol. The summed E-state index contributed by atoms with van der Waals surface area (Å²) in [6.45, 7) is 3.53. The average molecular weight is 366 g/mol. The van der Waals surface area contributed by atoms with Gasteiger partial charge in [-0.15, -0.1) is 11.3 Å². The van der Waals surface area contributed by atoms with Crippen molar-refractivity contribution in [3.05, 3.63) is 21.9 Å². The van der Waals surface area contributed by atoms with Gasteiger partial charge in [-0.3, -0.25) is 19.2 Å². The van der Waals surface area contributed by atoms with Crippen molar-refractivity contribution in [2.45, 2.75) is 39.2 Å². The fraction of sp³-hybridized carbons (Fsp3) is 0.529. The van der Waals surface area contributed by atoms with E-state index in [1.165, 1.54) is 30.1 Å². The van der Waals surface area contributed by atoms with Crippen LogP contribution in [0.3, 0.4) is 0 Å². The fourth-order valence-electron chi connectivity index (χ4n) is 3.03. The van der Waals surface area contributed by atoms with Gasteiger partial charge in [-0.1, -0.05) is 0 Å². The molecule has 1 aliphatic rings. The Morgan fingerprint density at radius 2 is 1.84 bits per heavy atom. The zero-order chi connectivity index (χ0) is 18.6. The van der Waals surface area contributed by atoms with Gasteiger partial charge in [0.2, 0.25) is 5.91 Å². The highest BCUT2D eigenvalue weighted by Gasteiger charge is 2.28. The van der Waals surface area contributed by atoms with E-state index >= 15 is 0 Å². The zero-order valence-electron chi connectivity index (χ0n) is 14.4. The molecule has 0 spiro atoms. The Kier molecular flexibility index (Phi) is 6.30. The van der Waals surface area contributed by atoms with Gasteiger partial charge in [0.25, 0.3) is 5.91 Å². The topological polar surface area (TPSA) is 95.0 Å². The Morgan fingerprint density at radius 3 is 2.40 bits per heavy atom. The third-order valence-corrected chi connectivity index (χ3v) is 5.47. The first-order valence-corrected chi connectivity index (χ1v) is 9.00. The highest BCUT2D eigenvalue weighted by Crippen LogP contribution is 2.22. The number of rotatable bonds is 5. The number of carbonyl (C=O) groups excluding carboxylic acids is 3. The number of thiophene rings is 1. The molecule has 1 fully saturated rings. The molecule has 0 aliphatic carbocycles. The molecule has 2 rings (SSSR count). The second-order valence-electron chi connectivity index (χ2n) is 6.14. The number of likely N-dealkylation sites (tertiary alicyclic amines) is 1. The van der Waals surface area contributed by atoms with Gasteiger partial charge >= 0.3 is 5.97 Å². The molecular formula is C17H22N2O5S. The van der Waals surface area contributed by atoms with Gasteiger partial charge in [0.05, 0.1) is 9.75 Å². The molecule has 1 N–H and O–H groups in total. The fourth-order valence-corrected chi connectivity index (χ4v) is 3.90. The summed E-state index contributed by atoms with van der Waals surface area (Å²) < 4.78 is 0. The summed E-state index contributed by atoms with van der Waals surface area (Å²) in [6.07, 6.45) is 1.91. The van der Waals surface area contributed by atoms with Crippen LogP contribution in [0.25, 0.3) is 0 Å². The highest BCUT2D eigenvalue weighted by molar-refractivity contribution is 7.15. The number of carbonyl (C=O) groups is 4. The Labute approximate surface area is 150 Å². The molecule has 0 radical (unpaired) electrons. The van der Waals surface area contributed by atoms with E-state index in [4.69, 9.17) is 5.11 Å². The van der Waals surface area contributed by atoms with Gasteiger partial charge < -0.3 is 14.9 Å². The van der Waals surface area contributed by atoms with Crippen molar-refractivity contribution >= 4 is 34.9 Å². The lowest BCUT2D eigenvalue weighted by Gasteiger charge is -2.28. The highest BCUT2D eigenvalue weighted by atomic mass is 32.1. The third-order valence-electron chi connectivity index (χ3n) is 4.30. The molecule has 2 amide bonds. The quantitative estimate of drug-likeness (QED) is 0.803. The molecule has 1 aromatic heterocycles. The molecule has 0 aromatic carbocycles. The number of hydrogen-bond acceptors (Lipinski definition) is 5. The Morgan fingerprint density at radius 1 is 1.16 bits per heavy atom. The van der Waals surface area contributed by atoms with Crippen LogP contribution in [-0.2, 0) is 9.59 Å². The molecule has 2 heterocycles. The Hall–Kier alpha value is -2.22. The monoisotopic (exact) mass is 366 g/mol. The van der Waals surface area contributed by atoms with E-state index in [9.17, 15) is 19.2 Å². The molecule has 7 nitrogen and oxygen atoms in total. The number of amides is 2. The number of nitrogens with zero attached hydrogens (tertiary/aromatic N) is 2. The van der Waals surface area contributed by atoms with Gasteiger partial charge in [0.15, 0.2) is 5.78 Å². The smallest absolute Gasteiger partial charge is 0.323 e. The van der Waals surface area contributed by atoms with E-state index in [0.717, 1.165) is 0 Å². The number of aliphatic carboxylic acids is 1. The van der Waals surface area contributed by atoms with Crippen LogP contribution in [0.15, 0.2) is 12.1 Å². The summed E-state index contributed by atoms with van der Waals surface area (Å²) in [5, 5.41) is 8.99. The minimum Gasteiger partial charge on any atom is -0.480 e. The number of Topliss-reactive ketones (excluding diaryl/α,β-unsaturated/α-hetero) is 1. The van der Waals surface area contributed by atoms with E-state index < -0.39 is 5.97 Å². The Balaban J connectivity index is 2.04. The van der Waals surface area contributed by atoms with Crippen molar-refractivity contribution in [1.82, 2.24) is 9.80 Å². The van der Waals surface area contributed by atoms with Crippen molar-refractivity contribution in [3.8, 4) is 0 Å². The standard InChI is InChI=1S/C17H22N2O5S/c1-11(20)14-5-6-15(25-14)17(24)18-8-3-4-13(7-9-18)19(12(2)21)10-16(22)23/h5-6,13H,3-4,7-10H2,1-2H3,(H,22,23). The van der Waals surface area contributed by atoms with Gasteiger partial charge in [-0.25, -0.2) is 0 Å². The lowest BCUT2D eigenvalue weighted by molar-refractivity contribution is -0.145. The van der Waals surface area contributed by atoms with Crippen LogP contribution in [0.4, 0.5) is 0 Å². The van der Waals surface area contributed by atoms with E-state index in [0.29, 0.717) is 42.1 Å². The minimum absolute atomic E-state index is 0.0641. The molecule has 136 valence electrons. The lowest BCUT2D eigenvalue weighted by Crippen LogP contribution is -2.43. The first-order valence-electron chi connectivity index (χ1n) is 8.18. The van der Waals surface area contributed by atoms with Gasteiger partial charge in [0.1, 0.15) is 6.54 Å². The number of carboxylic acid groups (broad SMARTS) is 1. The number of ketones is 1. The normalized spacial score (nSPS) is 17.7. The number of hydrogen-bond donors (Lipinski definition) is 1. The van der Waals surface area contributed by atoms with Gasteiger partial charge in [-0.2, -0.15) is 0 Å². The molecular weight excluding hydrogens is 344 g/mol. The lowest BCUT2D eigenvalue weighted by atomic mass is 10.1. The third kappa shape index (κ3) is 4.88. The Bertz CT molecular complexity index is 684. The van der Waals surface area contributed by atoms with Crippen LogP contribution in [0.5, 0.6) is 0 Å². The van der Waals surface area contributed by atoms with Crippen LogP contribution < -0.4 is 0 Å². The van der Waals surface area contributed by atoms with Crippen LogP contribution in [0.1, 0.15) is 52.5 Å². The largest absolute Gasteiger partial charge is 0.480 e. The van der Waals surface area contributed by atoms with Crippen molar-refractivity contribution in [2.75, 3.05) is 19.6 Å². The van der Waals surface area contributed by atoms with E-state index in [1.807, 2.05) is 0 Å². The summed E-state index contributed by atoms with van der Waals surface area (Å²) >= 11 is 1.19. The molecule has 25 heavy (non-hydrogen) atoms. The van der Waals surface area contributed by atoms with Crippen molar-refractivity contribution in [2.24, 2.45) is 0 Å². The van der Waals surface area contributed by atoms with E-state index in [-0.39, 0.29) is 30.2 Å². The van der Waals surface area contributed by atoms with Gasteiger partial charge in [-0.05, 0) is 38.3 Å². The predicted octanol–water partition coefficient (Wildman–Crippen LogP) is 1.88. The maximum atomic E-state index is 12.6. The summed E-state index contributed by atoms with van der Waals surface area (Å²) in [5.41, 5.74) is 0. The molecule has 1 aromatic rings. The maximum Gasteiger partial charge on any atom is 0.323 e. The first kappa shape index (κ1) is 19.1. The molecule has 8 heteroatoms. The van der Waals surface area contributed by atoms with Crippen LogP contribution in [0, 0.1) is 0 Å². The van der Waals surface area contributed by atoms with E-state index in [1.54, 1.807) is 17.0 Å². The summed E-state index contributed by atoms with van der Waals surface area (Å²) in [4.78, 5) is 50.9. The van der Waals surface area contributed by atoms with Crippen LogP contribution >= 0.6 is 11.3 Å². The van der Waals surface area contributed by atoms with Gasteiger partial charge in [0, 0.05) is 26.1 Å². The minimum atomic E-state index is -1.04. The molecule has 1 aliphatic heterocycles.